The summed E-state index contributed by atoms with van der Waals surface area (Å²) in [4.78, 5) is 14.1. The Balaban J connectivity index is 0.00000320. The number of nitrogens with zero attached hydrogens (tertiary/aromatic N) is 1. The number of carbonyl (C=O) groups is 1. The van der Waals surface area contributed by atoms with Crippen molar-refractivity contribution in [3.05, 3.63) is 51.6 Å². The summed E-state index contributed by atoms with van der Waals surface area (Å²) < 4.78 is 18.1. The van der Waals surface area contributed by atoms with Gasteiger partial charge in [0.05, 0.1) is 39.7 Å². The molecule has 0 aromatic heterocycles. The summed E-state index contributed by atoms with van der Waals surface area (Å²) in [6, 6.07) is 6.59. The van der Waals surface area contributed by atoms with Crippen LogP contribution in [0.3, 0.4) is 0 Å². The molecule has 2 atom stereocenters. The highest BCUT2D eigenvalue weighted by Crippen LogP contribution is 2.52. The average Bonchev–Trinajstić information content (AvgIpc) is 3.26. The predicted molar refractivity (Wildman–Crippen MR) is 142 cm³/mol. The molecular weight excluding hydrogens is 577 g/mol. The first-order chi connectivity index (χ1) is 16.8. The fourth-order valence-electron chi connectivity index (χ4n) is 6.90. The Morgan fingerprint density at radius 1 is 1.11 bits per heavy atom. The number of Topliss-reactive ketones (excluding diaryl/α,β-unsaturated/α-hetero) is 1. The third-order valence-electron chi connectivity index (χ3n) is 9.60. The minimum Gasteiger partial charge on any atom is -1.00 e. The minimum atomic E-state index is -0.0226. The summed E-state index contributed by atoms with van der Waals surface area (Å²) in [6.07, 6.45) is 2.46. The molecule has 1 aliphatic carbocycles. The van der Waals surface area contributed by atoms with Crippen molar-refractivity contribution in [2.24, 2.45) is 5.92 Å². The van der Waals surface area contributed by atoms with E-state index >= 15 is 0 Å². The lowest BCUT2D eigenvalue weighted by molar-refractivity contribution is -0.922. The number of aryl methyl sites for hydroxylation is 1. The molecule has 6 heteroatoms. The monoisotopic (exact) mass is 619 g/mol. The number of fused-ring (bicyclic) bond motifs is 3. The van der Waals surface area contributed by atoms with E-state index in [0.29, 0.717) is 18.1 Å². The number of carbonyl (C=O) groups excluding carboxylic acids is 1. The van der Waals surface area contributed by atoms with E-state index in [1.807, 2.05) is 0 Å². The van der Waals surface area contributed by atoms with Gasteiger partial charge in [-0.1, -0.05) is 40.7 Å². The van der Waals surface area contributed by atoms with Crippen molar-refractivity contribution in [1.82, 2.24) is 0 Å². The molecule has 0 fully saturated rings. The highest BCUT2D eigenvalue weighted by molar-refractivity contribution is 5.98. The van der Waals surface area contributed by atoms with Gasteiger partial charge in [-0.2, -0.15) is 0 Å². The molecule has 0 radical (unpaired) electrons. The van der Waals surface area contributed by atoms with Gasteiger partial charge in [0.25, 0.3) is 0 Å². The number of ketones is 1. The molecule has 3 aliphatic rings. The second kappa shape index (κ2) is 9.44. The molecule has 0 bridgehead atoms. The first-order valence-electron chi connectivity index (χ1n) is 13.3. The highest BCUT2D eigenvalue weighted by Gasteiger charge is 2.44. The number of ether oxygens (including phenoxy) is 3. The van der Waals surface area contributed by atoms with E-state index in [0.717, 1.165) is 52.1 Å². The molecule has 202 valence electrons. The second-order valence-corrected chi connectivity index (χ2v) is 13.0. The van der Waals surface area contributed by atoms with Gasteiger partial charge < -0.3 is 42.7 Å². The van der Waals surface area contributed by atoms with Crippen LogP contribution >= 0.6 is 0 Å². The Hall–Kier alpha value is -1.80. The summed E-state index contributed by atoms with van der Waals surface area (Å²) >= 11 is 0. The van der Waals surface area contributed by atoms with Crippen molar-refractivity contribution in [3.8, 4) is 17.2 Å². The molecule has 0 saturated carbocycles. The molecule has 2 aromatic rings. The van der Waals surface area contributed by atoms with Crippen molar-refractivity contribution in [2.45, 2.75) is 77.7 Å². The molecule has 2 aromatic carbocycles. The molecule has 2 heterocycles. The first-order valence-corrected chi connectivity index (χ1v) is 13.3. The molecule has 0 saturated heterocycles. The smallest absolute Gasteiger partial charge is 0.231 e. The molecule has 5 rings (SSSR count). The van der Waals surface area contributed by atoms with E-state index in [2.05, 4.69) is 73.8 Å². The maximum Gasteiger partial charge on any atom is 0.231 e. The van der Waals surface area contributed by atoms with Gasteiger partial charge in [0.2, 0.25) is 12.5 Å². The Morgan fingerprint density at radius 2 is 1.81 bits per heavy atom. The third-order valence-corrected chi connectivity index (χ3v) is 9.60. The predicted octanol–water partition coefficient (Wildman–Crippen LogP) is 3.28. The molecular formula is C31H42INO4. The van der Waals surface area contributed by atoms with Crippen LogP contribution in [-0.4, -0.2) is 44.8 Å². The van der Waals surface area contributed by atoms with Crippen LogP contribution in [0.1, 0.15) is 91.7 Å². The largest absolute Gasteiger partial charge is 1.00 e. The molecule has 0 N–H and O–H groups in total. The van der Waals surface area contributed by atoms with E-state index in [1.54, 1.807) is 7.11 Å². The van der Waals surface area contributed by atoms with E-state index in [4.69, 9.17) is 14.2 Å². The van der Waals surface area contributed by atoms with Crippen LogP contribution in [0.4, 0.5) is 0 Å². The quantitative estimate of drug-likeness (QED) is 0.300. The van der Waals surface area contributed by atoms with Crippen molar-refractivity contribution < 1.29 is 47.5 Å². The van der Waals surface area contributed by atoms with Crippen LogP contribution in [0.2, 0.25) is 0 Å². The van der Waals surface area contributed by atoms with Crippen molar-refractivity contribution >= 4 is 5.78 Å². The number of halogens is 1. The number of hydrogen-bond acceptors (Lipinski definition) is 4. The van der Waals surface area contributed by atoms with Gasteiger partial charge in [0.15, 0.2) is 17.3 Å². The number of quaternary nitrogens is 1. The Bertz CT molecular complexity index is 1250. The standard InChI is InChI=1S/C31H42NO4.HI/c1-18-12-23-22(30(3,4)16-19(2)31(23,5)6)14-21(18)25(33)15-24-27-20(10-11-32(24,7)8)13-26-28(29(27)34-9)36-17-35-26;/h12-14,19,24H,10-11,15-17H2,1-9H3;1H/q+1;/p-1. The molecule has 37 heavy (non-hydrogen) atoms. The fourth-order valence-corrected chi connectivity index (χ4v) is 6.90. The normalized spacial score (nSPS) is 23.9. The first kappa shape index (κ1) is 28.2. The maximum atomic E-state index is 14.1. The van der Waals surface area contributed by atoms with Crippen LogP contribution in [0, 0.1) is 12.8 Å². The number of benzene rings is 2. The van der Waals surface area contributed by atoms with Gasteiger partial charge in [0, 0.05) is 12.0 Å². The number of rotatable bonds is 4. The lowest BCUT2D eigenvalue weighted by Crippen LogP contribution is -3.00. The van der Waals surface area contributed by atoms with Gasteiger partial charge in [-0.15, -0.1) is 0 Å². The van der Waals surface area contributed by atoms with Crippen LogP contribution < -0.4 is 38.2 Å². The molecule has 0 spiro atoms. The topological polar surface area (TPSA) is 44.8 Å². The zero-order chi connectivity index (χ0) is 26.2. The van der Waals surface area contributed by atoms with Gasteiger partial charge in [0.1, 0.15) is 6.04 Å². The molecule has 2 unspecified atom stereocenters. The van der Waals surface area contributed by atoms with Gasteiger partial charge in [-0.25, -0.2) is 0 Å². The van der Waals surface area contributed by atoms with E-state index in [-0.39, 0.29) is 53.4 Å². The van der Waals surface area contributed by atoms with Crippen LogP contribution in [0.25, 0.3) is 0 Å². The van der Waals surface area contributed by atoms with E-state index < -0.39 is 0 Å². The second-order valence-electron chi connectivity index (χ2n) is 13.0. The number of methoxy groups -OCH3 is 1. The Kier molecular flexibility index (Phi) is 7.20. The molecule has 0 amide bonds. The lowest BCUT2D eigenvalue weighted by atomic mass is 9.58. The van der Waals surface area contributed by atoms with E-state index in [9.17, 15) is 4.79 Å². The third kappa shape index (κ3) is 4.46. The summed E-state index contributed by atoms with van der Waals surface area (Å²) in [5.41, 5.74) is 7.10. The van der Waals surface area contributed by atoms with E-state index in [1.165, 1.54) is 16.7 Å². The lowest BCUT2D eigenvalue weighted by Gasteiger charge is -2.47. The van der Waals surface area contributed by atoms with Crippen LogP contribution in [-0.2, 0) is 17.3 Å². The summed E-state index contributed by atoms with van der Waals surface area (Å²) in [5, 5.41) is 0. The van der Waals surface area contributed by atoms with Crippen molar-refractivity contribution in [1.29, 1.82) is 0 Å². The van der Waals surface area contributed by atoms with Gasteiger partial charge in [-0.3, -0.25) is 4.79 Å². The Labute approximate surface area is 239 Å². The SMILES string of the molecule is COc1c2c(cc3c1C(CC(=O)c1cc4c(cc1C)C(C)(C)C(C)CC4(C)C)[N+](C)(C)CC3)OCO2.[I-]. The number of hydrogen-bond donors (Lipinski definition) is 0. The highest BCUT2D eigenvalue weighted by atomic mass is 127. The summed E-state index contributed by atoms with van der Waals surface area (Å²) in [7, 11) is 6.12. The summed E-state index contributed by atoms with van der Waals surface area (Å²) in [6.45, 7) is 15.0. The zero-order valence-electron chi connectivity index (χ0n) is 23.9. The van der Waals surface area contributed by atoms with Gasteiger partial charge >= 0.3 is 0 Å². The maximum absolute atomic E-state index is 14.1. The average molecular weight is 620 g/mol. The number of likely N-dealkylation sites (N-methyl/N-ethyl adjacent to an activating group) is 1. The molecule has 5 nitrogen and oxygen atoms in total. The van der Waals surface area contributed by atoms with Crippen LogP contribution in [0.5, 0.6) is 17.2 Å². The Morgan fingerprint density at radius 3 is 2.49 bits per heavy atom. The fraction of sp³-hybridized carbons (Fsp3) is 0.581. The van der Waals surface area contributed by atoms with Crippen molar-refractivity contribution in [3.63, 3.8) is 0 Å². The minimum absolute atomic E-state index is 0. The molecule has 2 aliphatic heterocycles. The summed E-state index contributed by atoms with van der Waals surface area (Å²) in [5.74, 6) is 2.92. The van der Waals surface area contributed by atoms with Crippen LogP contribution in [0.15, 0.2) is 18.2 Å². The zero-order valence-corrected chi connectivity index (χ0v) is 26.0. The van der Waals surface area contributed by atoms with Crippen molar-refractivity contribution in [2.75, 3.05) is 34.5 Å². The van der Waals surface area contributed by atoms with Gasteiger partial charge in [-0.05, 0) is 64.5 Å².